The molecule has 4 nitrogen and oxygen atoms in total. The lowest BCUT2D eigenvalue weighted by Crippen LogP contribution is -2.61. The molecule has 7 N–H and O–H groups in total. The van der Waals surface area contributed by atoms with Crippen LogP contribution in [0.3, 0.4) is 0 Å². The molecule has 4 heteroatoms. The predicted molar refractivity (Wildman–Crippen MR) is 24.1 cm³/mol. The molecule has 38 valence electrons. The molecule has 0 saturated carbocycles. The molecule has 0 aliphatic carbocycles. The summed E-state index contributed by atoms with van der Waals surface area (Å²) in [5, 5.41) is 0. The van der Waals surface area contributed by atoms with Crippen molar-refractivity contribution >= 4 is 0 Å². The summed E-state index contributed by atoms with van der Waals surface area (Å²) in [5.41, 5.74) is 12.3. The van der Waals surface area contributed by atoms with Crippen LogP contribution in [0.5, 0.6) is 0 Å². The van der Waals surface area contributed by atoms with E-state index in [9.17, 15) is 0 Å². The van der Waals surface area contributed by atoms with Crippen molar-refractivity contribution < 1.29 is 0 Å². The Morgan fingerprint density at radius 3 is 1.67 bits per heavy atom. The monoisotopic (exact) mass is 90.1 g/mol. The maximum atomic E-state index is 5.08. The van der Waals surface area contributed by atoms with Crippen LogP contribution >= 0.6 is 0 Å². The lowest BCUT2D eigenvalue weighted by atomic mass is 10.5. The number of hydrogen-bond acceptors (Lipinski definition) is 4. The normalized spacial score (nSPS) is 12.0. The van der Waals surface area contributed by atoms with E-state index in [2.05, 4.69) is 5.43 Å². The minimum Gasteiger partial charge on any atom is -0.300 e. The maximum Gasteiger partial charge on any atom is 0.127 e. The minimum atomic E-state index is -0.931. The van der Waals surface area contributed by atoms with Crippen molar-refractivity contribution in [3.63, 3.8) is 0 Å². The summed E-state index contributed by atoms with van der Waals surface area (Å²) in [6.07, 6.45) is 0. The molecular weight excluding hydrogens is 80.0 g/mol. The zero-order chi connectivity index (χ0) is 5.21. The standard InChI is InChI=1S/C2H10N4/c1-2(3,4)6-5/h6H,3-5H2,1H3. The predicted octanol–water partition coefficient (Wildman–Crippen LogP) is -1.96. The van der Waals surface area contributed by atoms with Crippen LogP contribution in [0.2, 0.25) is 0 Å². The van der Waals surface area contributed by atoms with Gasteiger partial charge < -0.3 is 11.5 Å². The van der Waals surface area contributed by atoms with E-state index in [4.69, 9.17) is 17.3 Å². The van der Waals surface area contributed by atoms with Gasteiger partial charge in [-0.1, -0.05) is 0 Å². The third-order valence-corrected chi connectivity index (χ3v) is 0.311. The molecule has 0 aromatic rings. The number of nitrogens with two attached hydrogens (primary N) is 3. The molecule has 0 aromatic carbocycles. The second-order valence-corrected chi connectivity index (χ2v) is 1.43. The number of nitrogens with one attached hydrogen (secondary N) is 1. The number of hydrazine groups is 1. The van der Waals surface area contributed by atoms with Gasteiger partial charge in [0.1, 0.15) is 5.79 Å². The van der Waals surface area contributed by atoms with Crippen LogP contribution in [0.15, 0.2) is 0 Å². The van der Waals surface area contributed by atoms with Gasteiger partial charge in [0, 0.05) is 0 Å². The largest absolute Gasteiger partial charge is 0.300 e. The van der Waals surface area contributed by atoms with Crippen LogP contribution in [0.4, 0.5) is 0 Å². The van der Waals surface area contributed by atoms with Gasteiger partial charge in [0.2, 0.25) is 0 Å². The summed E-state index contributed by atoms with van der Waals surface area (Å²) in [4.78, 5) is 0. The smallest absolute Gasteiger partial charge is 0.127 e. The Bertz CT molecular complexity index is 35.3. The summed E-state index contributed by atoms with van der Waals surface area (Å²) in [7, 11) is 0. The summed E-state index contributed by atoms with van der Waals surface area (Å²) < 4.78 is 0. The van der Waals surface area contributed by atoms with Crippen LogP contribution < -0.4 is 22.7 Å². The van der Waals surface area contributed by atoms with E-state index in [0.29, 0.717) is 0 Å². The highest BCUT2D eigenvalue weighted by atomic mass is 15.4. The zero-order valence-corrected chi connectivity index (χ0v) is 3.73. The van der Waals surface area contributed by atoms with E-state index in [-0.39, 0.29) is 0 Å². The van der Waals surface area contributed by atoms with Gasteiger partial charge in [-0.2, -0.15) is 0 Å². The van der Waals surface area contributed by atoms with Crippen molar-refractivity contribution in [2.24, 2.45) is 17.3 Å². The highest BCUT2D eigenvalue weighted by Gasteiger charge is 2.03. The SMILES string of the molecule is CC(N)(N)NN. The molecule has 0 unspecified atom stereocenters. The van der Waals surface area contributed by atoms with E-state index in [0.717, 1.165) is 0 Å². The second-order valence-electron chi connectivity index (χ2n) is 1.43. The fraction of sp³-hybridized carbons (Fsp3) is 1.00. The van der Waals surface area contributed by atoms with Gasteiger partial charge >= 0.3 is 0 Å². The second kappa shape index (κ2) is 1.53. The fourth-order valence-electron chi connectivity index (χ4n) is 0. The van der Waals surface area contributed by atoms with Crippen LogP contribution in [0.1, 0.15) is 6.92 Å². The Morgan fingerprint density at radius 1 is 1.50 bits per heavy atom. The Kier molecular flexibility index (Phi) is 1.48. The van der Waals surface area contributed by atoms with Crippen molar-refractivity contribution in [1.82, 2.24) is 5.43 Å². The van der Waals surface area contributed by atoms with E-state index < -0.39 is 5.79 Å². The van der Waals surface area contributed by atoms with Crippen molar-refractivity contribution in [2.75, 3.05) is 0 Å². The van der Waals surface area contributed by atoms with Crippen LogP contribution in [0, 0.1) is 0 Å². The number of rotatable bonds is 1. The van der Waals surface area contributed by atoms with Crippen LogP contribution in [0.25, 0.3) is 0 Å². The molecule has 6 heavy (non-hydrogen) atoms. The first-order chi connectivity index (χ1) is 2.56. The quantitative estimate of drug-likeness (QED) is 0.171. The first kappa shape index (κ1) is 5.84. The summed E-state index contributed by atoms with van der Waals surface area (Å²) >= 11 is 0. The molecule has 0 atom stereocenters. The molecule has 0 saturated heterocycles. The molecule has 0 radical (unpaired) electrons. The van der Waals surface area contributed by atoms with Crippen molar-refractivity contribution in [2.45, 2.75) is 12.7 Å². The fourth-order valence-corrected chi connectivity index (χ4v) is 0. The summed E-state index contributed by atoms with van der Waals surface area (Å²) in [6.45, 7) is 1.56. The topological polar surface area (TPSA) is 90.1 Å². The molecule has 0 aromatic heterocycles. The third kappa shape index (κ3) is 3.84. The molecule has 0 amide bonds. The average Bonchev–Trinajstić information content (AvgIpc) is 1.35. The van der Waals surface area contributed by atoms with Gasteiger partial charge in [-0.05, 0) is 6.92 Å². The first-order valence-corrected chi connectivity index (χ1v) is 1.62. The minimum absolute atomic E-state index is 0.931. The van der Waals surface area contributed by atoms with E-state index in [1.807, 2.05) is 0 Å². The summed E-state index contributed by atoms with van der Waals surface area (Å²) in [6, 6.07) is 0. The van der Waals surface area contributed by atoms with Crippen LogP contribution in [-0.4, -0.2) is 5.79 Å². The molecule has 0 spiro atoms. The highest BCUT2D eigenvalue weighted by molar-refractivity contribution is 4.58. The third-order valence-electron chi connectivity index (χ3n) is 0.311. The average molecular weight is 90.1 g/mol. The van der Waals surface area contributed by atoms with Gasteiger partial charge in [-0.15, -0.1) is 0 Å². The van der Waals surface area contributed by atoms with Gasteiger partial charge in [0.05, 0.1) is 0 Å². The Labute approximate surface area is 36.6 Å². The van der Waals surface area contributed by atoms with Crippen molar-refractivity contribution in [3.8, 4) is 0 Å². The zero-order valence-electron chi connectivity index (χ0n) is 3.73. The lowest BCUT2D eigenvalue weighted by molar-refractivity contribution is 0.391. The molecule has 0 fully saturated rings. The van der Waals surface area contributed by atoms with Gasteiger partial charge in [-0.25, -0.2) is 5.43 Å². The van der Waals surface area contributed by atoms with Crippen molar-refractivity contribution in [3.05, 3.63) is 0 Å². The number of hydrogen-bond donors (Lipinski definition) is 4. The van der Waals surface area contributed by atoms with Gasteiger partial charge in [0.25, 0.3) is 0 Å². The molecule has 0 rings (SSSR count). The summed E-state index contributed by atoms with van der Waals surface area (Å²) in [5.74, 6) is 3.88. The Morgan fingerprint density at radius 2 is 1.67 bits per heavy atom. The van der Waals surface area contributed by atoms with E-state index in [1.165, 1.54) is 0 Å². The first-order valence-electron chi connectivity index (χ1n) is 1.62. The maximum absolute atomic E-state index is 5.08. The van der Waals surface area contributed by atoms with Gasteiger partial charge in [-0.3, -0.25) is 5.84 Å². The molecular formula is C2H10N4. The molecule has 0 aliphatic rings. The Balaban J connectivity index is 3.17. The molecule has 0 bridgehead atoms. The Hall–Kier alpha value is -0.160. The van der Waals surface area contributed by atoms with Gasteiger partial charge in [0.15, 0.2) is 0 Å². The van der Waals surface area contributed by atoms with E-state index in [1.54, 1.807) is 6.92 Å². The molecule has 0 aliphatic heterocycles. The molecule has 0 heterocycles. The van der Waals surface area contributed by atoms with Crippen molar-refractivity contribution in [1.29, 1.82) is 0 Å². The lowest BCUT2D eigenvalue weighted by Gasteiger charge is -2.15. The van der Waals surface area contributed by atoms with E-state index >= 15 is 0 Å². The highest BCUT2D eigenvalue weighted by Crippen LogP contribution is 1.68. The van der Waals surface area contributed by atoms with Crippen LogP contribution in [-0.2, 0) is 0 Å².